The first-order valence-corrected chi connectivity index (χ1v) is 5.75. The zero-order valence-corrected chi connectivity index (χ0v) is 10.7. The second kappa shape index (κ2) is 6.33. The molecule has 4 heteroatoms. The van der Waals surface area contributed by atoms with Gasteiger partial charge in [0.1, 0.15) is 11.5 Å². The Labute approximate surface area is 102 Å². The number of anilines is 1. The van der Waals surface area contributed by atoms with Crippen LogP contribution in [0.3, 0.4) is 0 Å². The van der Waals surface area contributed by atoms with Crippen molar-refractivity contribution < 1.29 is 9.47 Å². The van der Waals surface area contributed by atoms with E-state index in [4.69, 9.17) is 21.7 Å². The third-order valence-corrected chi connectivity index (χ3v) is 1.98. The Morgan fingerprint density at radius 2 is 1.94 bits per heavy atom. The number of hydrogen-bond acceptors (Lipinski definition) is 3. The van der Waals surface area contributed by atoms with Crippen molar-refractivity contribution in [2.45, 2.75) is 20.8 Å². The largest absolute Gasteiger partial charge is 0.494 e. The van der Waals surface area contributed by atoms with E-state index in [9.17, 15) is 0 Å². The van der Waals surface area contributed by atoms with Crippen LogP contribution in [0.4, 0.5) is 5.69 Å². The summed E-state index contributed by atoms with van der Waals surface area (Å²) < 4.78 is 10.9. The van der Waals surface area contributed by atoms with Crippen LogP contribution in [-0.2, 0) is 0 Å². The molecule has 88 valence electrons. The fourth-order valence-corrected chi connectivity index (χ4v) is 1.44. The number of benzene rings is 1. The molecule has 0 heterocycles. The zero-order chi connectivity index (χ0) is 12.0. The Kier molecular flexibility index (Phi) is 5.05. The van der Waals surface area contributed by atoms with Crippen LogP contribution in [-0.4, -0.2) is 18.2 Å². The maximum atomic E-state index is 5.52. The van der Waals surface area contributed by atoms with Gasteiger partial charge in [-0.1, -0.05) is 12.2 Å². The van der Waals surface area contributed by atoms with Gasteiger partial charge in [-0.25, -0.2) is 0 Å². The summed E-state index contributed by atoms with van der Waals surface area (Å²) in [6, 6.07) is 5.67. The van der Waals surface area contributed by atoms with Crippen LogP contribution in [0.15, 0.2) is 18.2 Å². The molecule has 0 saturated carbocycles. The Balaban J connectivity index is 2.93. The highest BCUT2D eigenvalue weighted by Crippen LogP contribution is 2.29. The van der Waals surface area contributed by atoms with Crippen molar-refractivity contribution in [3.05, 3.63) is 18.2 Å². The Morgan fingerprint density at radius 3 is 2.50 bits per heavy atom. The van der Waals surface area contributed by atoms with Gasteiger partial charge in [0.25, 0.3) is 0 Å². The second-order valence-electron chi connectivity index (χ2n) is 3.21. The number of rotatable bonds is 5. The van der Waals surface area contributed by atoms with Crippen molar-refractivity contribution in [3.8, 4) is 11.5 Å². The molecule has 0 unspecified atom stereocenters. The van der Waals surface area contributed by atoms with Crippen LogP contribution in [0.2, 0.25) is 0 Å². The SMILES string of the molecule is CCOc1ccc(NC(C)=S)c(OCC)c1. The summed E-state index contributed by atoms with van der Waals surface area (Å²) in [5.41, 5.74) is 0.873. The van der Waals surface area contributed by atoms with Gasteiger partial charge in [-0.2, -0.15) is 0 Å². The van der Waals surface area contributed by atoms with Crippen molar-refractivity contribution in [2.75, 3.05) is 18.5 Å². The maximum absolute atomic E-state index is 5.52. The molecule has 3 nitrogen and oxygen atoms in total. The van der Waals surface area contributed by atoms with Gasteiger partial charge < -0.3 is 14.8 Å². The highest BCUT2D eigenvalue weighted by Gasteiger charge is 2.05. The van der Waals surface area contributed by atoms with Crippen LogP contribution in [0.5, 0.6) is 11.5 Å². The summed E-state index contributed by atoms with van der Waals surface area (Å²) >= 11 is 5.01. The lowest BCUT2D eigenvalue weighted by Gasteiger charge is -2.13. The molecule has 0 aliphatic heterocycles. The normalized spacial score (nSPS) is 9.69. The molecular weight excluding hydrogens is 222 g/mol. The van der Waals surface area contributed by atoms with E-state index in [1.165, 1.54) is 0 Å². The van der Waals surface area contributed by atoms with Crippen molar-refractivity contribution in [1.82, 2.24) is 0 Å². The standard InChI is InChI=1S/C12H17NO2S/c1-4-14-10-6-7-11(13-9(3)16)12(8-10)15-5-2/h6-8H,4-5H2,1-3H3,(H,13,16). The van der Waals surface area contributed by atoms with Crippen molar-refractivity contribution in [2.24, 2.45) is 0 Å². The first-order chi connectivity index (χ1) is 7.67. The maximum Gasteiger partial charge on any atom is 0.146 e. The molecule has 16 heavy (non-hydrogen) atoms. The predicted molar refractivity (Wildman–Crippen MR) is 70.7 cm³/mol. The highest BCUT2D eigenvalue weighted by molar-refractivity contribution is 7.80. The van der Waals surface area contributed by atoms with Crippen LogP contribution in [0.1, 0.15) is 20.8 Å². The van der Waals surface area contributed by atoms with Gasteiger partial charge in [0.2, 0.25) is 0 Å². The van der Waals surface area contributed by atoms with Gasteiger partial charge in [-0.15, -0.1) is 0 Å². The van der Waals surface area contributed by atoms with Crippen LogP contribution in [0, 0.1) is 0 Å². The average Bonchev–Trinajstić information content (AvgIpc) is 2.22. The van der Waals surface area contributed by atoms with Crippen molar-refractivity contribution >= 4 is 22.9 Å². The van der Waals surface area contributed by atoms with Crippen molar-refractivity contribution in [3.63, 3.8) is 0 Å². The van der Waals surface area contributed by atoms with Crippen LogP contribution >= 0.6 is 12.2 Å². The lowest BCUT2D eigenvalue weighted by Crippen LogP contribution is -2.06. The summed E-state index contributed by atoms with van der Waals surface area (Å²) in [4.78, 5) is 0.713. The fraction of sp³-hybridized carbons (Fsp3) is 0.417. The monoisotopic (exact) mass is 239 g/mol. The molecule has 0 saturated heterocycles. The lowest BCUT2D eigenvalue weighted by molar-refractivity contribution is 0.324. The number of thiocarbonyl (C=S) groups is 1. The average molecular weight is 239 g/mol. The third-order valence-electron chi connectivity index (χ3n) is 1.87. The number of nitrogens with one attached hydrogen (secondary N) is 1. The quantitative estimate of drug-likeness (QED) is 0.799. The van der Waals surface area contributed by atoms with E-state index in [-0.39, 0.29) is 0 Å². The molecule has 0 radical (unpaired) electrons. The molecule has 0 aliphatic carbocycles. The summed E-state index contributed by atoms with van der Waals surface area (Å²) in [6.45, 7) is 6.99. The van der Waals surface area contributed by atoms with E-state index in [1.807, 2.05) is 39.0 Å². The molecule has 0 fully saturated rings. The fourth-order valence-electron chi connectivity index (χ4n) is 1.33. The van der Waals surface area contributed by atoms with Crippen LogP contribution in [0.25, 0.3) is 0 Å². The number of ether oxygens (including phenoxy) is 2. The van der Waals surface area contributed by atoms with Gasteiger partial charge in [0, 0.05) is 6.07 Å². The van der Waals surface area contributed by atoms with Gasteiger partial charge >= 0.3 is 0 Å². The molecule has 1 aromatic rings. The minimum atomic E-state index is 0.612. The first kappa shape index (κ1) is 12.8. The second-order valence-corrected chi connectivity index (χ2v) is 3.82. The van der Waals surface area contributed by atoms with E-state index in [0.29, 0.717) is 18.2 Å². The Hall–Kier alpha value is -1.29. The molecular formula is C12H17NO2S. The smallest absolute Gasteiger partial charge is 0.146 e. The summed E-state index contributed by atoms with van der Waals surface area (Å²) in [7, 11) is 0. The molecule has 0 aliphatic rings. The lowest BCUT2D eigenvalue weighted by atomic mass is 10.2. The van der Waals surface area contributed by atoms with E-state index in [1.54, 1.807) is 0 Å². The molecule has 1 aromatic carbocycles. The van der Waals surface area contributed by atoms with E-state index in [2.05, 4.69) is 5.32 Å². The zero-order valence-electron chi connectivity index (χ0n) is 9.87. The van der Waals surface area contributed by atoms with E-state index in [0.717, 1.165) is 17.2 Å². The topological polar surface area (TPSA) is 30.5 Å². The molecule has 0 atom stereocenters. The minimum absolute atomic E-state index is 0.612. The summed E-state index contributed by atoms with van der Waals surface area (Å²) in [6.07, 6.45) is 0. The molecule has 0 amide bonds. The van der Waals surface area contributed by atoms with E-state index < -0.39 is 0 Å². The minimum Gasteiger partial charge on any atom is -0.494 e. The molecule has 0 aromatic heterocycles. The molecule has 1 rings (SSSR count). The predicted octanol–water partition coefficient (Wildman–Crippen LogP) is 3.24. The third kappa shape index (κ3) is 3.70. The van der Waals surface area contributed by atoms with Crippen LogP contribution < -0.4 is 14.8 Å². The van der Waals surface area contributed by atoms with Gasteiger partial charge in [-0.05, 0) is 32.9 Å². The molecule has 0 bridgehead atoms. The highest BCUT2D eigenvalue weighted by atomic mass is 32.1. The molecule has 1 N–H and O–H groups in total. The van der Waals surface area contributed by atoms with Crippen molar-refractivity contribution in [1.29, 1.82) is 0 Å². The Morgan fingerprint density at radius 1 is 1.25 bits per heavy atom. The first-order valence-electron chi connectivity index (χ1n) is 5.34. The number of hydrogen-bond donors (Lipinski definition) is 1. The molecule has 0 spiro atoms. The van der Waals surface area contributed by atoms with E-state index >= 15 is 0 Å². The van der Waals surface area contributed by atoms with Gasteiger partial charge in [0.15, 0.2) is 0 Å². The summed E-state index contributed by atoms with van der Waals surface area (Å²) in [5, 5.41) is 3.08. The Bertz CT molecular complexity index is 366. The summed E-state index contributed by atoms with van der Waals surface area (Å²) in [5.74, 6) is 1.57. The van der Waals surface area contributed by atoms with Gasteiger partial charge in [-0.3, -0.25) is 0 Å². The van der Waals surface area contributed by atoms with Gasteiger partial charge in [0.05, 0.1) is 23.9 Å².